The van der Waals surface area contributed by atoms with E-state index in [1.54, 1.807) is 19.2 Å². The number of hydrogen-bond donors (Lipinski definition) is 2. The number of hydrogen-bond acceptors (Lipinski definition) is 3. The Morgan fingerprint density at radius 2 is 2.13 bits per heavy atom. The summed E-state index contributed by atoms with van der Waals surface area (Å²) in [5, 5.41) is 2.64. The summed E-state index contributed by atoms with van der Waals surface area (Å²) in [5.41, 5.74) is 5.64. The van der Waals surface area contributed by atoms with E-state index >= 15 is 0 Å². The van der Waals surface area contributed by atoms with Crippen LogP contribution in [0.3, 0.4) is 0 Å². The third-order valence-corrected chi connectivity index (χ3v) is 6.12. The van der Waals surface area contributed by atoms with Crippen LogP contribution in [-0.4, -0.2) is 24.2 Å². The second kappa shape index (κ2) is 8.34. The van der Waals surface area contributed by atoms with E-state index in [4.69, 9.17) is 4.99 Å². The minimum absolute atomic E-state index is 0.0727. The van der Waals surface area contributed by atoms with Crippen LogP contribution in [0.2, 0.25) is 0 Å². The summed E-state index contributed by atoms with van der Waals surface area (Å²) in [7, 11) is 1.62. The van der Waals surface area contributed by atoms with E-state index in [-0.39, 0.29) is 17.4 Å². The number of carbonyl (C=O) groups is 1. The second-order valence-electron chi connectivity index (χ2n) is 8.16. The van der Waals surface area contributed by atoms with E-state index in [9.17, 15) is 9.59 Å². The number of nitrogens with one attached hydrogen (secondary N) is 2. The standard InChI is InChI=1S/C26H27N3O2/c1-4-21-20-13-17(2)16-26(21,22-10-11-24(30)29-23(22)15-20)28-12-6-8-18-7-5-9-19(14-18)25(31)27-3/h4-14,20H,15-16H2,1-3H3,(H,27,31)(H,29,30)/b8-6?,21-4+,28-12?/t20-,26+/m0/s1. The molecule has 2 aromatic rings. The second-order valence-corrected chi connectivity index (χ2v) is 8.16. The van der Waals surface area contributed by atoms with Gasteiger partial charge in [-0.25, -0.2) is 0 Å². The zero-order valence-electron chi connectivity index (χ0n) is 18.1. The molecule has 2 aliphatic rings. The number of H-pyrrole nitrogens is 1. The zero-order valence-corrected chi connectivity index (χ0v) is 18.1. The number of rotatable bonds is 4. The summed E-state index contributed by atoms with van der Waals surface area (Å²) >= 11 is 0. The van der Waals surface area contributed by atoms with Crippen molar-refractivity contribution in [3.63, 3.8) is 0 Å². The molecular formula is C26H27N3O2. The first-order valence-corrected chi connectivity index (χ1v) is 10.6. The Kier molecular flexibility index (Phi) is 5.59. The number of aliphatic imine (C=N–C) groups is 1. The molecule has 5 nitrogen and oxygen atoms in total. The van der Waals surface area contributed by atoms with Crippen molar-refractivity contribution in [2.75, 3.05) is 7.05 Å². The fourth-order valence-corrected chi connectivity index (χ4v) is 4.90. The van der Waals surface area contributed by atoms with E-state index in [0.717, 1.165) is 29.7 Å². The average molecular weight is 414 g/mol. The van der Waals surface area contributed by atoms with Crippen molar-refractivity contribution in [1.29, 1.82) is 0 Å². The lowest BCUT2D eigenvalue weighted by Crippen LogP contribution is -2.40. The van der Waals surface area contributed by atoms with Gasteiger partial charge in [0.05, 0.1) is 0 Å². The third-order valence-electron chi connectivity index (χ3n) is 6.12. The summed E-state index contributed by atoms with van der Waals surface area (Å²) < 4.78 is 0. The van der Waals surface area contributed by atoms with Crippen molar-refractivity contribution in [3.8, 4) is 0 Å². The SMILES string of the molecule is C/C=C1\[C@H]2C=C(C)C[C@]1(N=CC=Cc1cccc(C(=O)NC)c1)c1ccc(=O)[nH]c1C2. The lowest BCUT2D eigenvalue weighted by Gasteiger charge is -2.45. The Morgan fingerprint density at radius 1 is 1.29 bits per heavy atom. The van der Waals surface area contributed by atoms with Crippen molar-refractivity contribution in [3.05, 3.63) is 98.5 Å². The van der Waals surface area contributed by atoms with Crippen LogP contribution in [0.5, 0.6) is 0 Å². The summed E-state index contributed by atoms with van der Waals surface area (Å²) in [6.45, 7) is 4.22. The maximum Gasteiger partial charge on any atom is 0.251 e. The summed E-state index contributed by atoms with van der Waals surface area (Å²) in [6.07, 6.45) is 11.8. The molecule has 2 aliphatic carbocycles. The molecular weight excluding hydrogens is 386 g/mol. The van der Waals surface area contributed by atoms with Crippen LogP contribution in [0, 0.1) is 5.92 Å². The van der Waals surface area contributed by atoms with Gasteiger partial charge in [0.15, 0.2) is 0 Å². The number of aromatic nitrogens is 1. The van der Waals surface area contributed by atoms with Gasteiger partial charge in [0.1, 0.15) is 5.54 Å². The molecule has 0 fully saturated rings. The molecule has 4 rings (SSSR count). The maximum absolute atomic E-state index is 11.9. The molecule has 0 spiro atoms. The van der Waals surface area contributed by atoms with Crippen LogP contribution >= 0.6 is 0 Å². The number of amides is 1. The van der Waals surface area contributed by atoms with Gasteiger partial charge in [-0.3, -0.25) is 14.6 Å². The van der Waals surface area contributed by atoms with Crippen LogP contribution in [0.25, 0.3) is 6.08 Å². The molecule has 0 saturated carbocycles. The quantitative estimate of drug-likeness (QED) is 0.583. The highest BCUT2D eigenvalue weighted by Crippen LogP contribution is 2.51. The number of nitrogens with zero attached hydrogens (tertiary/aromatic N) is 1. The zero-order chi connectivity index (χ0) is 22.0. The largest absolute Gasteiger partial charge is 0.355 e. The number of carbonyl (C=O) groups excluding carboxylic acids is 1. The lowest BCUT2D eigenvalue weighted by molar-refractivity contribution is 0.0963. The molecule has 2 bridgehead atoms. The first kappa shape index (κ1) is 20.8. The Labute approximate surface area is 182 Å². The smallest absolute Gasteiger partial charge is 0.251 e. The molecule has 1 amide bonds. The van der Waals surface area contributed by atoms with Crippen molar-refractivity contribution in [1.82, 2.24) is 10.3 Å². The molecule has 5 heteroatoms. The average Bonchev–Trinajstić information content (AvgIpc) is 2.75. The molecule has 31 heavy (non-hydrogen) atoms. The minimum atomic E-state index is -0.496. The van der Waals surface area contributed by atoms with E-state index < -0.39 is 5.54 Å². The topological polar surface area (TPSA) is 74.3 Å². The molecule has 158 valence electrons. The lowest BCUT2D eigenvalue weighted by atomic mass is 9.63. The van der Waals surface area contributed by atoms with E-state index in [1.165, 1.54) is 11.1 Å². The van der Waals surface area contributed by atoms with Crippen LogP contribution < -0.4 is 10.9 Å². The van der Waals surface area contributed by atoms with Gasteiger partial charge in [-0.1, -0.05) is 35.9 Å². The van der Waals surface area contributed by atoms with Gasteiger partial charge in [-0.15, -0.1) is 0 Å². The highest BCUT2D eigenvalue weighted by molar-refractivity contribution is 5.94. The third kappa shape index (κ3) is 3.83. The highest BCUT2D eigenvalue weighted by Gasteiger charge is 2.46. The van der Waals surface area contributed by atoms with Crippen molar-refractivity contribution in [2.45, 2.75) is 32.2 Å². The van der Waals surface area contributed by atoms with Gasteiger partial charge in [-0.05, 0) is 55.7 Å². The van der Waals surface area contributed by atoms with Crippen LogP contribution in [0.15, 0.2) is 75.6 Å². The molecule has 1 aromatic heterocycles. The normalized spacial score (nSPS) is 23.8. The summed E-state index contributed by atoms with van der Waals surface area (Å²) in [4.78, 5) is 31.9. The number of pyridine rings is 1. The van der Waals surface area contributed by atoms with E-state index in [0.29, 0.717) is 5.56 Å². The predicted octanol–water partition coefficient (Wildman–Crippen LogP) is 4.18. The Bertz CT molecular complexity index is 1200. The van der Waals surface area contributed by atoms with Crippen LogP contribution in [-0.2, 0) is 12.0 Å². The molecule has 0 radical (unpaired) electrons. The van der Waals surface area contributed by atoms with Gasteiger partial charge in [0.25, 0.3) is 5.91 Å². The van der Waals surface area contributed by atoms with Crippen LogP contribution in [0.1, 0.15) is 47.4 Å². The molecule has 2 N–H and O–H groups in total. The number of aromatic amines is 1. The van der Waals surface area contributed by atoms with E-state index in [1.807, 2.05) is 42.6 Å². The molecule has 1 aromatic carbocycles. The Morgan fingerprint density at radius 3 is 2.90 bits per heavy atom. The summed E-state index contributed by atoms with van der Waals surface area (Å²) in [5.74, 6) is 0.138. The first-order chi connectivity index (χ1) is 15.0. The number of benzene rings is 1. The van der Waals surface area contributed by atoms with Gasteiger partial charge in [0.2, 0.25) is 5.56 Å². The molecule has 0 unspecified atom stereocenters. The van der Waals surface area contributed by atoms with Crippen molar-refractivity contribution >= 4 is 18.2 Å². The van der Waals surface area contributed by atoms with Crippen molar-refractivity contribution < 1.29 is 4.79 Å². The monoisotopic (exact) mass is 413 g/mol. The van der Waals surface area contributed by atoms with Crippen molar-refractivity contribution in [2.24, 2.45) is 10.9 Å². The molecule has 1 heterocycles. The van der Waals surface area contributed by atoms with Crippen LogP contribution in [0.4, 0.5) is 0 Å². The van der Waals surface area contributed by atoms with Gasteiger partial charge in [-0.2, -0.15) is 0 Å². The minimum Gasteiger partial charge on any atom is -0.355 e. The number of allylic oxidation sites excluding steroid dienone is 3. The maximum atomic E-state index is 11.9. The van der Waals surface area contributed by atoms with Gasteiger partial charge < -0.3 is 10.3 Å². The Balaban J connectivity index is 1.71. The molecule has 2 atom stereocenters. The number of fused-ring (bicyclic) bond motifs is 4. The first-order valence-electron chi connectivity index (χ1n) is 10.6. The van der Waals surface area contributed by atoms with E-state index in [2.05, 4.69) is 36.3 Å². The fraction of sp³-hybridized carbons (Fsp3) is 0.269. The molecule has 0 aliphatic heterocycles. The highest BCUT2D eigenvalue weighted by atomic mass is 16.1. The fourth-order valence-electron chi connectivity index (χ4n) is 4.90. The summed E-state index contributed by atoms with van der Waals surface area (Å²) in [6, 6.07) is 11.0. The van der Waals surface area contributed by atoms with Gasteiger partial charge >= 0.3 is 0 Å². The van der Waals surface area contributed by atoms with Gasteiger partial charge in [0, 0.05) is 48.5 Å². The molecule has 0 saturated heterocycles. The Hall–Kier alpha value is -3.47. The predicted molar refractivity (Wildman–Crippen MR) is 125 cm³/mol.